The molecule has 4 nitrogen and oxygen atoms in total. The summed E-state index contributed by atoms with van der Waals surface area (Å²) >= 11 is 6.64. The Balaban J connectivity index is 1.91. The van der Waals surface area contributed by atoms with Crippen molar-refractivity contribution >= 4 is 41.7 Å². The molecule has 7 heteroatoms. The first-order valence-electron chi connectivity index (χ1n) is 5.79. The topological polar surface area (TPSA) is 59.3 Å². The number of hydrogen-bond donors (Lipinski definition) is 1. The summed E-state index contributed by atoms with van der Waals surface area (Å²) in [5, 5.41) is 3.23. The van der Waals surface area contributed by atoms with Crippen LogP contribution in [-0.2, 0) is 22.9 Å². The highest BCUT2D eigenvalue weighted by Crippen LogP contribution is 2.26. The van der Waals surface area contributed by atoms with Gasteiger partial charge in [-0.3, -0.25) is 0 Å². The summed E-state index contributed by atoms with van der Waals surface area (Å²) in [6, 6.07) is 8.73. The van der Waals surface area contributed by atoms with Gasteiger partial charge in [-0.25, -0.2) is 8.42 Å². The molecule has 1 aromatic heterocycles. The molecular weight excluding hydrogens is 410 g/mol. The number of benzene rings is 1. The maximum Gasteiger partial charge on any atom is 0.183 e. The second-order valence-corrected chi connectivity index (χ2v) is 7.94. The minimum Gasteiger partial charge on any atom is -0.452 e. The molecule has 0 saturated carbocycles. The standard InChI is InChI=1S/C13H13Br2NO3S/c1-20(17,18)11-4-2-9(3-5-11)7-16-8-10-6-12(14)13(15)19-10/h2-6,16H,7-8H2,1H3. The first-order valence-corrected chi connectivity index (χ1v) is 9.27. The number of halogens is 2. The van der Waals surface area contributed by atoms with Crippen molar-refractivity contribution in [3.63, 3.8) is 0 Å². The number of furan rings is 1. The van der Waals surface area contributed by atoms with E-state index in [1.165, 1.54) is 6.26 Å². The first kappa shape index (κ1) is 15.8. The van der Waals surface area contributed by atoms with Crippen LogP contribution in [0.1, 0.15) is 11.3 Å². The lowest BCUT2D eigenvalue weighted by Crippen LogP contribution is -2.12. The molecule has 1 heterocycles. The largest absolute Gasteiger partial charge is 0.452 e. The van der Waals surface area contributed by atoms with Crippen molar-refractivity contribution in [1.82, 2.24) is 5.32 Å². The molecule has 20 heavy (non-hydrogen) atoms. The first-order chi connectivity index (χ1) is 9.36. The van der Waals surface area contributed by atoms with E-state index in [0.717, 1.165) is 15.8 Å². The number of nitrogens with one attached hydrogen (secondary N) is 1. The third-order valence-electron chi connectivity index (χ3n) is 2.68. The van der Waals surface area contributed by atoms with Crippen molar-refractivity contribution < 1.29 is 12.8 Å². The van der Waals surface area contributed by atoms with E-state index in [1.54, 1.807) is 24.3 Å². The number of rotatable bonds is 5. The minimum atomic E-state index is -3.13. The third-order valence-corrected chi connectivity index (χ3v) is 5.51. The molecule has 0 spiro atoms. The molecule has 2 aromatic rings. The quantitative estimate of drug-likeness (QED) is 0.800. The predicted octanol–water partition coefficient (Wildman–Crippen LogP) is 3.50. The molecule has 1 aromatic carbocycles. The molecular formula is C13H13Br2NO3S. The van der Waals surface area contributed by atoms with Crippen LogP contribution in [0.25, 0.3) is 0 Å². The zero-order valence-electron chi connectivity index (χ0n) is 10.7. The summed E-state index contributed by atoms with van der Waals surface area (Å²) in [5.41, 5.74) is 1.02. The normalized spacial score (nSPS) is 11.8. The zero-order valence-corrected chi connectivity index (χ0v) is 14.7. The molecule has 0 aliphatic carbocycles. The average molecular weight is 423 g/mol. The lowest BCUT2D eigenvalue weighted by molar-refractivity contribution is 0.464. The summed E-state index contributed by atoms with van der Waals surface area (Å²) in [7, 11) is -3.13. The van der Waals surface area contributed by atoms with Gasteiger partial charge in [0, 0.05) is 12.8 Å². The van der Waals surface area contributed by atoms with Crippen LogP contribution in [0.2, 0.25) is 0 Å². The highest BCUT2D eigenvalue weighted by molar-refractivity contribution is 9.13. The summed E-state index contributed by atoms with van der Waals surface area (Å²) in [4.78, 5) is 0.333. The zero-order chi connectivity index (χ0) is 14.8. The molecule has 1 N–H and O–H groups in total. The van der Waals surface area contributed by atoms with Crippen LogP contribution in [0.5, 0.6) is 0 Å². The molecule has 108 valence electrons. The van der Waals surface area contributed by atoms with E-state index in [-0.39, 0.29) is 0 Å². The molecule has 0 fully saturated rings. The van der Waals surface area contributed by atoms with Crippen molar-refractivity contribution in [3.8, 4) is 0 Å². The maximum absolute atomic E-state index is 11.3. The van der Waals surface area contributed by atoms with Crippen LogP contribution in [0.15, 0.2) is 48.8 Å². The van der Waals surface area contributed by atoms with Gasteiger partial charge in [0.1, 0.15) is 5.76 Å². The Hall–Kier alpha value is -0.630. The fraction of sp³-hybridized carbons (Fsp3) is 0.231. The molecule has 0 unspecified atom stereocenters. The summed E-state index contributed by atoms with van der Waals surface area (Å²) in [6.45, 7) is 1.23. The summed E-state index contributed by atoms with van der Waals surface area (Å²) in [6.07, 6.45) is 1.20. The van der Waals surface area contributed by atoms with Crippen molar-refractivity contribution in [3.05, 3.63) is 50.8 Å². The van der Waals surface area contributed by atoms with Gasteiger partial charge in [-0.15, -0.1) is 0 Å². The molecule has 0 radical (unpaired) electrons. The van der Waals surface area contributed by atoms with E-state index in [0.29, 0.717) is 22.7 Å². The van der Waals surface area contributed by atoms with Gasteiger partial charge >= 0.3 is 0 Å². The fourth-order valence-corrected chi connectivity index (χ4v) is 2.95. The van der Waals surface area contributed by atoms with E-state index in [1.807, 2.05) is 6.07 Å². The van der Waals surface area contributed by atoms with Crippen LogP contribution < -0.4 is 5.32 Å². The van der Waals surface area contributed by atoms with E-state index >= 15 is 0 Å². The van der Waals surface area contributed by atoms with Gasteiger partial charge in [0.2, 0.25) is 0 Å². The lowest BCUT2D eigenvalue weighted by Gasteiger charge is -2.04. The van der Waals surface area contributed by atoms with Gasteiger partial charge in [0.05, 0.1) is 15.9 Å². The Bertz CT molecular complexity index is 673. The molecule has 0 atom stereocenters. The van der Waals surface area contributed by atoms with E-state index in [4.69, 9.17) is 4.42 Å². The second-order valence-electron chi connectivity index (χ2n) is 4.35. The van der Waals surface area contributed by atoms with Crippen LogP contribution in [0, 0.1) is 0 Å². The molecule has 0 amide bonds. The Labute approximate surface area is 134 Å². The van der Waals surface area contributed by atoms with E-state index in [9.17, 15) is 8.42 Å². The number of hydrogen-bond acceptors (Lipinski definition) is 4. The van der Waals surface area contributed by atoms with Crippen molar-refractivity contribution in [2.45, 2.75) is 18.0 Å². The van der Waals surface area contributed by atoms with Gasteiger partial charge in [0.25, 0.3) is 0 Å². The Kier molecular flexibility index (Phi) is 5.06. The summed E-state index contributed by atoms with van der Waals surface area (Å²) in [5.74, 6) is 0.816. The van der Waals surface area contributed by atoms with Crippen LogP contribution in [-0.4, -0.2) is 14.7 Å². The van der Waals surface area contributed by atoms with Gasteiger partial charge in [-0.2, -0.15) is 0 Å². The van der Waals surface area contributed by atoms with Crippen molar-refractivity contribution in [2.24, 2.45) is 0 Å². The van der Waals surface area contributed by atoms with Gasteiger partial charge in [0.15, 0.2) is 14.5 Å². The fourth-order valence-electron chi connectivity index (χ4n) is 1.66. The predicted molar refractivity (Wildman–Crippen MR) is 84.2 cm³/mol. The molecule has 0 bridgehead atoms. The summed E-state index contributed by atoms with van der Waals surface area (Å²) < 4.78 is 29.7. The molecule has 0 aliphatic rings. The van der Waals surface area contributed by atoms with E-state index in [2.05, 4.69) is 37.2 Å². The highest BCUT2D eigenvalue weighted by atomic mass is 79.9. The molecule has 2 rings (SSSR count). The smallest absolute Gasteiger partial charge is 0.183 e. The van der Waals surface area contributed by atoms with Gasteiger partial charge in [-0.1, -0.05) is 12.1 Å². The Morgan fingerprint density at radius 2 is 1.80 bits per heavy atom. The average Bonchev–Trinajstić information content (AvgIpc) is 2.68. The molecule has 0 aliphatic heterocycles. The number of sulfone groups is 1. The molecule has 0 saturated heterocycles. The van der Waals surface area contributed by atoms with Gasteiger partial charge < -0.3 is 9.73 Å². The van der Waals surface area contributed by atoms with Crippen LogP contribution in [0.4, 0.5) is 0 Å². The monoisotopic (exact) mass is 421 g/mol. The second kappa shape index (κ2) is 6.43. The van der Waals surface area contributed by atoms with Crippen molar-refractivity contribution in [1.29, 1.82) is 0 Å². The van der Waals surface area contributed by atoms with Crippen LogP contribution >= 0.6 is 31.9 Å². The minimum absolute atomic E-state index is 0.333. The van der Waals surface area contributed by atoms with Crippen LogP contribution in [0.3, 0.4) is 0 Å². The SMILES string of the molecule is CS(=O)(=O)c1ccc(CNCc2cc(Br)c(Br)o2)cc1. The Morgan fingerprint density at radius 1 is 1.15 bits per heavy atom. The van der Waals surface area contributed by atoms with Crippen molar-refractivity contribution in [2.75, 3.05) is 6.26 Å². The highest BCUT2D eigenvalue weighted by Gasteiger charge is 2.07. The third kappa shape index (κ3) is 4.18. The van der Waals surface area contributed by atoms with Gasteiger partial charge in [-0.05, 0) is 55.6 Å². The lowest BCUT2D eigenvalue weighted by atomic mass is 10.2. The van der Waals surface area contributed by atoms with E-state index < -0.39 is 9.84 Å². The maximum atomic E-state index is 11.3. The Morgan fingerprint density at radius 3 is 2.30 bits per heavy atom.